The second-order valence-corrected chi connectivity index (χ2v) is 5.80. The van der Waals surface area contributed by atoms with Crippen molar-refractivity contribution < 1.29 is 8.42 Å². The molecule has 0 spiro atoms. The van der Waals surface area contributed by atoms with E-state index in [9.17, 15) is 8.42 Å². The van der Waals surface area contributed by atoms with Gasteiger partial charge in [0.1, 0.15) is 0 Å². The third-order valence-corrected chi connectivity index (χ3v) is 4.53. The first kappa shape index (κ1) is 11.6. The second kappa shape index (κ2) is 4.53. The summed E-state index contributed by atoms with van der Waals surface area (Å²) >= 11 is 0. The Morgan fingerprint density at radius 2 is 2.06 bits per heavy atom. The van der Waals surface area contributed by atoms with E-state index in [4.69, 9.17) is 0 Å². The quantitative estimate of drug-likeness (QED) is 0.812. The molecule has 0 aromatic heterocycles. The third kappa shape index (κ3) is 2.26. The molecule has 87 valence electrons. The molecule has 1 N–H and O–H groups in total. The number of rotatable bonds is 2. The minimum Gasteiger partial charge on any atom is -0.314 e. The van der Waals surface area contributed by atoms with Crippen molar-refractivity contribution in [3.8, 4) is 0 Å². The zero-order valence-electron chi connectivity index (χ0n) is 9.23. The molecule has 0 unspecified atom stereocenters. The van der Waals surface area contributed by atoms with Gasteiger partial charge in [0.2, 0.25) is 10.0 Å². The van der Waals surface area contributed by atoms with Gasteiger partial charge in [-0.3, -0.25) is 0 Å². The van der Waals surface area contributed by atoms with Crippen LogP contribution in [0.25, 0.3) is 0 Å². The van der Waals surface area contributed by atoms with E-state index in [0.29, 0.717) is 18.0 Å². The molecule has 0 saturated carbocycles. The number of nitrogens with zero attached hydrogens (tertiary/aromatic N) is 1. The van der Waals surface area contributed by atoms with Crippen molar-refractivity contribution in [3.05, 3.63) is 29.8 Å². The highest BCUT2D eigenvalue weighted by Crippen LogP contribution is 2.16. The Balaban J connectivity index is 2.30. The Morgan fingerprint density at radius 1 is 1.38 bits per heavy atom. The molecular formula is C11H15N2O2S. The Labute approximate surface area is 96.3 Å². The lowest BCUT2D eigenvalue weighted by Crippen LogP contribution is -2.46. The molecule has 1 fully saturated rings. The predicted molar refractivity (Wildman–Crippen MR) is 61.6 cm³/mol. The Kier molecular flexibility index (Phi) is 3.28. The molecule has 1 aliphatic rings. The largest absolute Gasteiger partial charge is 0.314 e. The number of nitrogens with one attached hydrogen (secondary N) is 1. The van der Waals surface area contributed by atoms with Crippen LogP contribution in [0.5, 0.6) is 0 Å². The van der Waals surface area contributed by atoms with Gasteiger partial charge >= 0.3 is 0 Å². The molecule has 1 aromatic rings. The van der Waals surface area contributed by atoms with E-state index in [-0.39, 0.29) is 0 Å². The monoisotopic (exact) mass is 239 g/mol. The van der Waals surface area contributed by atoms with E-state index in [2.05, 4.69) is 11.4 Å². The maximum Gasteiger partial charge on any atom is 0.243 e. The Morgan fingerprint density at radius 3 is 2.69 bits per heavy atom. The van der Waals surface area contributed by atoms with Crippen molar-refractivity contribution in [2.24, 2.45) is 0 Å². The zero-order valence-corrected chi connectivity index (χ0v) is 10.0. The van der Waals surface area contributed by atoms with Gasteiger partial charge in [-0.05, 0) is 30.7 Å². The van der Waals surface area contributed by atoms with Gasteiger partial charge in [-0.1, -0.05) is 6.07 Å². The molecule has 0 aliphatic carbocycles. The molecule has 0 amide bonds. The molecule has 2 rings (SSSR count). The van der Waals surface area contributed by atoms with Crippen LogP contribution in [0, 0.1) is 13.0 Å². The van der Waals surface area contributed by atoms with Gasteiger partial charge in [0.25, 0.3) is 0 Å². The van der Waals surface area contributed by atoms with E-state index in [0.717, 1.165) is 18.7 Å². The van der Waals surface area contributed by atoms with E-state index in [1.807, 2.05) is 6.92 Å². The normalized spacial score (nSPS) is 18.6. The predicted octanol–water partition coefficient (Wildman–Crippen LogP) is 0.389. The zero-order chi connectivity index (χ0) is 11.6. The number of hydrogen-bond acceptors (Lipinski definition) is 3. The van der Waals surface area contributed by atoms with Crippen LogP contribution < -0.4 is 5.32 Å². The first-order valence-corrected chi connectivity index (χ1v) is 6.74. The minimum atomic E-state index is -3.31. The number of aryl methyl sites for hydroxylation is 1. The second-order valence-electron chi connectivity index (χ2n) is 3.86. The fourth-order valence-electron chi connectivity index (χ4n) is 1.75. The average Bonchev–Trinajstić information content (AvgIpc) is 2.30. The van der Waals surface area contributed by atoms with Crippen LogP contribution in [0.1, 0.15) is 5.56 Å². The van der Waals surface area contributed by atoms with Crippen molar-refractivity contribution in [3.63, 3.8) is 0 Å². The Bertz CT molecular complexity index is 465. The highest BCUT2D eigenvalue weighted by molar-refractivity contribution is 7.89. The van der Waals surface area contributed by atoms with Gasteiger partial charge in [0.15, 0.2) is 0 Å². The van der Waals surface area contributed by atoms with Crippen molar-refractivity contribution in [1.82, 2.24) is 9.62 Å². The first-order chi connectivity index (χ1) is 7.60. The summed E-state index contributed by atoms with van der Waals surface area (Å²) in [5.74, 6) is 0. The van der Waals surface area contributed by atoms with Gasteiger partial charge in [0.05, 0.1) is 4.90 Å². The molecule has 1 aromatic carbocycles. The average molecular weight is 239 g/mol. The molecule has 1 saturated heterocycles. The number of piperazine rings is 1. The lowest BCUT2D eigenvalue weighted by atomic mass is 10.2. The summed E-state index contributed by atoms with van der Waals surface area (Å²) in [4.78, 5) is 0.366. The summed E-state index contributed by atoms with van der Waals surface area (Å²) in [5.41, 5.74) is 0.844. The number of sulfonamides is 1. The fourth-order valence-corrected chi connectivity index (χ4v) is 3.28. The van der Waals surface area contributed by atoms with Crippen LogP contribution in [0.3, 0.4) is 0 Å². The molecule has 5 heteroatoms. The number of benzene rings is 1. The van der Waals surface area contributed by atoms with Crippen LogP contribution in [0.4, 0.5) is 0 Å². The molecular weight excluding hydrogens is 224 g/mol. The highest BCUT2D eigenvalue weighted by Gasteiger charge is 2.25. The molecule has 1 aliphatic heterocycles. The lowest BCUT2D eigenvalue weighted by Gasteiger charge is -2.26. The van der Waals surface area contributed by atoms with Crippen LogP contribution in [-0.4, -0.2) is 38.9 Å². The Hall–Kier alpha value is -0.910. The molecule has 4 nitrogen and oxygen atoms in total. The van der Waals surface area contributed by atoms with E-state index < -0.39 is 10.0 Å². The molecule has 0 atom stereocenters. The van der Waals surface area contributed by atoms with Crippen LogP contribution >= 0.6 is 0 Å². The van der Waals surface area contributed by atoms with Crippen molar-refractivity contribution in [2.45, 2.75) is 11.8 Å². The van der Waals surface area contributed by atoms with Gasteiger partial charge in [-0.25, -0.2) is 8.42 Å². The topological polar surface area (TPSA) is 49.4 Å². The number of hydrogen-bond donors (Lipinski definition) is 1. The van der Waals surface area contributed by atoms with E-state index >= 15 is 0 Å². The van der Waals surface area contributed by atoms with Crippen LogP contribution in [0.2, 0.25) is 0 Å². The van der Waals surface area contributed by atoms with Gasteiger partial charge < -0.3 is 5.32 Å². The molecule has 1 radical (unpaired) electrons. The maximum atomic E-state index is 12.2. The highest BCUT2D eigenvalue weighted by atomic mass is 32.2. The SMILES string of the molecule is Cc1[c]ccc(S(=O)(=O)N2CCNCC2)c1. The minimum absolute atomic E-state index is 0.366. The van der Waals surface area contributed by atoms with Crippen molar-refractivity contribution in [1.29, 1.82) is 0 Å². The maximum absolute atomic E-state index is 12.2. The summed E-state index contributed by atoms with van der Waals surface area (Å²) < 4.78 is 26.0. The molecule has 16 heavy (non-hydrogen) atoms. The van der Waals surface area contributed by atoms with Crippen molar-refractivity contribution >= 4 is 10.0 Å². The van der Waals surface area contributed by atoms with Crippen LogP contribution in [-0.2, 0) is 10.0 Å². The fraction of sp³-hybridized carbons (Fsp3) is 0.455. The lowest BCUT2D eigenvalue weighted by molar-refractivity contribution is 0.360. The summed E-state index contributed by atoms with van der Waals surface area (Å²) in [5, 5.41) is 3.14. The summed E-state index contributed by atoms with van der Waals surface area (Å²) in [6.45, 7) is 4.37. The van der Waals surface area contributed by atoms with E-state index in [1.165, 1.54) is 4.31 Å². The molecule has 0 bridgehead atoms. The summed E-state index contributed by atoms with van der Waals surface area (Å²) in [6.07, 6.45) is 0. The van der Waals surface area contributed by atoms with Gasteiger partial charge in [-0.2, -0.15) is 4.31 Å². The summed E-state index contributed by atoms with van der Waals surface area (Å²) in [6, 6.07) is 7.87. The van der Waals surface area contributed by atoms with Gasteiger partial charge in [0, 0.05) is 26.2 Å². The van der Waals surface area contributed by atoms with Gasteiger partial charge in [-0.15, -0.1) is 0 Å². The standard InChI is InChI=1S/C11H15N2O2S/c1-10-3-2-4-11(9-10)16(14,15)13-7-5-12-6-8-13/h2,4,9,12H,5-8H2,1H3. The third-order valence-electron chi connectivity index (χ3n) is 2.63. The van der Waals surface area contributed by atoms with Crippen molar-refractivity contribution in [2.75, 3.05) is 26.2 Å². The molecule has 1 heterocycles. The first-order valence-electron chi connectivity index (χ1n) is 5.30. The van der Waals surface area contributed by atoms with E-state index in [1.54, 1.807) is 18.2 Å². The summed E-state index contributed by atoms with van der Waals surface area (Å²) in [7, 11) is -3.31. The van der Waals surface area contributed by atoms with Crippen LogP contribution in [0.15, 0.2) is 23.1 Å². The smallest absolute Gasteiger partial charge is 0.243 e.